The van der Waals surface area contributed by atoms with E-state index in [-0.39, 0.29) is 17.5 Å². The maximum atomic E-state index is 13.4. The molecule has 2 nitrogen and oxygen atoms in total. The van der Waals surface area contributed by atoms with E-state index in [0.29, 0.717) is 11.8 Å². The third-order valence-electron chi connectivity index (χ3n) is 17.2. The lowest BCUT2D eigenvalue weighted by atomic mass is 9.44. The molecule has 10 atom stereocenters. The number of esters is 1. The number of hydrogen-bond donors (Lipinski definition) is 0. The Morgan fingerprint density at radius 2 is 1.19 bits per heavy atom. The molecule has 0 N–H and O–H groups in total. The van der Waals surface area contributed by atoms with Crippen molar-refractivity contribution < 1.29 is 9.53 Å². The van der Waals surface area contributed by atoms with Gasteiger partial charge in [-0.05, 0) is 123 Å². The number of unbranched alkanes of at least 4 members (excludes halogenated alkanes) is 18. The van der Waals surface area contributed by atoms with Crippen LogP contribution in [0.1, 0.15) is 254 Å². The normalized spacial score (nSPS) is 32.2. The lowest BCUT2D eigenvalue weighted by Gasteiger charge is -2.62. The fraction of sp³-hybridized carbons (Fsp3) is 0.980. The Balaban J connectivity index is 1.10. The fourth-order valence-corrected chi connectivity index (χ4v) is 13.7. The highest BCUT2D eigenvalue weighted by Crippen LogP contribution is 2.68. The zero-order valence-corrected chi connectivity index (χ0v) is 37.1. The maximum Gasteiger partial charge on any atom is 0.306 e. The predicted octanol–water partition coefficient (Wildman–Crippen LogP) is 16.5. The van der Waals surface area contributed by atoms with Gasteiger partial charge >= 0.3 is 5.97 Å². The molecule has 310 valence electrons. The van der Waals surface area contributed by atoms with Crippen molar-refractivity contribution in [3.05, 3.63) is 0 Å². The van der Waals surface area contributed by atoms with Crippen molar-refractivity contribution in [2.75, 3.05) is 0 Å². The van der Waals surface area contributed by atoms with Gasteiger partial charge in [0, 0.05) is 11.8 Å². The molecule has 0 radical (unpaired) electrons. The molecule has 4 fully saturated rings. The van der Waals surface area contributed by atoms with E-state index in [0.717, 1.165) is 60.2 Å². The van der Waals surface area contributed by atoms with Gasteiger partial charge in [-0.2, -0.15) is 0 Å². The second-order valence-corrected chi connectivity index (χ2v) is 20.7. The zero-order valence-electron chi connectivity index (χ0n) is 37.1. The van der Waals surface area contributed by atoms with Crippen molar-refractivity contribution >= 4 is 5.97 Å². The summed E-state index contributed by atoms with van der Waals surface area (Å²) in [6, 6.07) is 0. The van der Waals surface area contributed by atoms with Crippen molar-refractivity contribution in [3.63, 3.8) is 0 Å². The van der Waals surface area contributed by atoms with Gasteiger partial charge in [0.05, 0.1) is 0 Å². The predicted molar refractivity (Wildman–Crippen MR) is 230 cm³/mol. The molecule has 0 heterocycles. The first-order chi connectivity index (χ1) is 25.7. The summed E-state index contributed by atoms with van der Waals surface area (Å²) >= 11 is 0. The SMILES string of the molecule is CCCCCCCCCCCCCCCCCCCCCC(=O)OC1CCCC2CC[C@H]3[C@H](CC[C@]4(C)[C@@H]([C@H](C)CC[C@@H](CC)C(C)C)CC[C@@H]34)[C@]21C. The van der Waals surface area contributed by atoms with Gasteiger partial charge in [0.1, 0.15) is 6.10 Å². The Hall–Kier alpha value is -0.530. The van der Waals surface area contributed by atoms with Gasteiger partial charge in [0.15, 0.2) is 0 Å². The molecular weight excluding hydrogens is 645 g/mol. The number of hydrogen-bond acceptors (Lipinski definition) is 2. The van der Waals surface area contributed by atoms with Gasteiger partial charge in [-0.25, -0.2) is 0 Å². The minimum Gasteiger partial charge on any atom is -0.462 e. The zero-order chi connectivity index (χ0) is 38.1. The highest BCUT2D eigenvalue weighted by Gasteiger charge is 2.62. The Bertz CT molecular complexity index is 987. The van der Waals surface area contributed by atoms with Crippen LogP contribution in [0.4, 0.5) is 0 Å². The maximum absolute atomic E-state index is 13.4. The monoisotopic (exact) mass is 739 g/mol. The van der Waals surface area contributed by atoms with Crippen molar-refractivity contribution in [2.24, 2.45) is 58.2 Å². The molecule has 0 saturated heterocycles. The molecule has 0 aliphatic heterocycles. The summed E-state index contributed by atoms with van der Waals surface area (Å²) in [7, 11) is 0. The highest BCUT2D eigenvalue weighted by atomic mass is 16.5. The summed E-state index contributed by atoms with van der Waals surface area (Å²) in [4.78, 5) is 13.4. The Morgan fingerprint density at radius 3 is 1.74 bits per heavy atom. The van der Waals surface area contributed by atoms with Gasteiger partial charge in [0.25, 0.3) is 0 Å². The molecule has 0 amide bonds. The number of carbonyl (C=O) groups excluding carboxylic acids is 1. The van der Waals surface area contributed by atoms with Gasteiger partial charge in [-0.3, -0.25) is 4.79 Å². The summed E-state index contributed by atoms with van der Waals surface area (Å²) in [5, 5.41) is 0. The molecule has 53 heavy (non-hydrogen) atoms. The van der Waals surface area contributed by atoms with Crippen LogP contribution in [0.25, 0.3) is 0 Å². The lowest BCUT2D eigenvalue weighted by Crippen LogP contribution is -2.58. The van der Waals surface area contributed by atoms with E-state index >= 15 is 0 Å². The first-order valence-electron chi connectivity index (χ1n) is 24.9. The van der Waals surface area contributed by atoms with E-state index in [2.05, 4.69) is 48.5 Å². The van der Waals surface area contributed by atoms with Gasteiger partial charge in [-0.15, -0.1) is 0 Å². The number of rotatable bonds is 27. The second kappa shape index (κ2) is 23.6. The largest absolute Gasteiger partial charge is 0.462 e. The third kappa shape index (κ3) is 12.7. The Morgan fingerprint density at radius 1 is 0.623 bits per heavy atom. The summed E-state index contributed by atoms with van der Waals surface area (Å²) in [5.74, 6) is 6.84. The van der Waals surface area contributed by atoms with Crippen LogP contribution < -0.4 is 0 Å². The first-order valence-corrected chi connectivity index (χ1v) is 24.9. The van der Waals surface area contributed by atoms with Crippen molar-refractivity contribution in [1.82, 2.24) is 0 Å². The summed E-state index contributed by atoms with van der Waals surface area (Å²) in [6.07, 6.45) is 43.6. The van der Waals surface area contributed by atoms with E-state index in [1.165, 1.54) is 186 Å². The molecule has 4 aliphatic carbocycles. The standard InChI is InChI=1S/C51H94O2/c1-8-10-11-12-13-14-15-16-17-18-19-20-21-22-23-24-25-26-27-31-49(52)53-48-30-28-29-43-34-35-44-46-37-36-45(41(5)32-33-42(9-2)40(3)4)50(46,6)39-38-47(44)51(43,48)7/h40-48H,8-39H2,1-7H3/t41-,42-,43?,44-,45-,46+,47+,48?,50-,51+/m1/s1. The average Bonchev–Trinajstić information content (AvgIpc) is 3.50. The van der Waals surface area contributed by atoms with E-state index in [9.17, 15) is 4.79 Å². The Kier molecular flexibility index (Phi) is 20.2. The number of fused-ring (bicyclic) bond motifs is 5. The van der Waals surface area contributed by atoms with Gasteiger partial charge < -0.3 is 4.74 Å². The minimum atomic E-state index is 0.119. The van der Waals surface area contributed by atoms with Crippen LogP contribution in [0.3, 0.4) is 0 Å². The van der Waals surface area contributed by atoms with Crippen LogP contribution in [0.5, 0.6) is 0 Å². The molecule has 0 spiro atoms. The minimum absolute atomic E-state index is 0.119. The Labute approximate surface area is 332 Å². The molecule has 4 rings (SSSR count). The first kappa shape index (κ1) is 45.2. The smallest absolute Gasteiger partial charge is 0.306 e. The number of carbonyl (C=O) groups is 1. The van der Waals surface area contributed by atoms with E-state index < -0.39 is 0 Å². The van der Waals surface area contributed by atoms with E-state index in [4.69, 9.17) is 4.74 Å². The molecule has 2 heteroatoms. The van der Waals surface area contributed by atoms with Crippen molar-refractivity contribution in [2.45, 2.75) is 260 Å². The average molecular weight is 739 g/mol. The molecule has 0 aromatic carbocycles. The van der Waals surface area contributed by atoms with Crippen LogP contribution in [0.2, 0.25) is 0 Å². The summed E-state index contributed by atoms with van der Waals surface area (Å²) in [6.45, 7) is 17.5. The molecule has 0 aromatic rings. The van der Waals surface area contributed by atoms with Crippen molar-refractivity contribution in [1.29, 1.82) is 0 Å². The van der Waals surface area contributed by atoms with Gasteiger partial charge in [0.2, 0.25) is 0 Å². The van der Waals surface area contributed by atoms with Crippen LogP contribution in [0.15, 0.2) is 0 Å². The molecule has 0 bridgehead atoms. The van der Waals surface area contributed by atoms with Crippen LogP contribution in [0, 0.1) is 58.2 Å². The highest BCUT2D eigenvalue weighted by molar-refractivity contribution is 5.69. The van der Waals surface area contributed by atoms with Gasteiger partial charge in [-0.1, -0.05) is 177 Å². The van der Waals surface area contributed by atoms with Crippen molar-refractivity contribution in [3.8, 4) is 0 Å². The third-order valence-corrected chi connectivity index (χ3v) is 17.2. The van der Waals surface area contributed by atoms with E-state index in [1.807, 2.05) is 0 Å². The summed E-state index contributed by atoms with van der Waals surface area (Å²) in [5.41, 5.74) is 0.720. The second-order valence-electron chi connectivity index (χ2n) is 20.7. The molecule has 4 aliphatic rings. The summed E-state index contributed by atoms with van der Waals surface area (Å²) < 4.78 is 6.59. The van der Waals surface area contributed by atoms with Crippen LogP contribution in [-0.4, -0.2) is 12.1 Å². The topological polar surface area (TPSA) is 26.3 Å². The van der Waals surface area contributed by atoms with E-state index in [1.54, 1.807) is 0 Å². The molecular formula is C51H94O2. The van der Waals surface area contributed by atoms with Crippen LogP contribution in [-0.2, 0) is 9.53 Å². The fourth-order valence-electron chi connectivity index (χ4n) is 13.7. The number of ether oxygens (including phenoxy) is 1. The van der Waals surface area contributed by atoms with Crippen LogP contribution >= 0.6 is 0 Å². The molecule has 2 unspecified atom stereocenters. The lowest BCUT2D eigenvalue weighted by molar-refractivity contribution is -0.192. The molecule has 0 aromatic heterocycles. The quantitative estimate of drug-likeness (QED) is 0.0619. The molecule has 4 saturated carbocycles.